The molecule has 0 nitrogen and oxygen atoms in total. The van der Waals surface area contributed by atoms with Crippen molar-refractivity contribution < 1.29 is 0 Å². The quantitative estimate of drug-likeness (QED) is 0.527. The molecule has 62 valence electrons. The molecule has 12 heavy (non-hydrogen) atoms. The molecule has 2 rings (SSSR count). The zero-order chi connectivity index (χ0) is 8.72. The summed E-state index contributed by atoms with van der Waals surface area (Å²) in [7, 11) is 0. The molecule has 1 aromatic carbocycles. The third-order valence-corrected chi connectivity index (χ3v) is 5.04. The molecule has 2 aromatic rings. The molecule has 4 heteroatoms. The molecule has 0 unspecified atom stereocenters. The van der Waals surface area contributed by atoms with Crippen LogP contribution < -0.4 is 0 Å². The third kappa shape index (κ3) is 1.58. The summed E-state index contributed by atoms with van der Waals surface area (Å²) in [6.07, 6.45) is 0. The van der Waals surface area contributed by atoms with Crippen LogP contribution in [0.5, 0.6) is 0 Å². The molecule has 0 aliphatic rings. The van der Waals surface area contributed by atoms with Gasteiger partial charge in [-0.15, -0.1) is 11.3 Å². The van der Waals surface area contributed by atoms with Crippen molar-refractivity contribution in [3.63, 3.8) is 0 Å². The molecule has 0 N–H and O–H groups in total. The van der Waals surface area contributed by atoms with Crippen LogP contribution in [-0.4, -0.2) is 0 Å². The Balaban J connectivity index is 2.92. The maximum Gasteiger partial charge on any atom is 0.0497 e. The fourth-order valence-corrected chi connectivity index (χ4v) is 4.36. The second-order valence-electron chi connectivity index (χ2n) is 2.35. The van der Waals surface area contributed by atoms with Crippen molar-refractivity contribution >= 4 is 75.9 Å². The van der Waals surface area contributed by atoms with E-state index in [0.717, 1.165) is 0 Å². The lowest BCUT2D eigenvalue weighted by Gasteiger charge is -1.95. The van der Waals surface area contributed by atoms with Crippen molar-refractivity contribution in [1.82, 2.24) is 0 Å². The molecule has 0 atom stereocenters. The third-order valence-electron chi connectivity index (χ3n) is 1.55. The van der Waals surface area contributed by atoms with Crippen molar-refractivity contribution in [3.05, 3.63) is 30.0 Å². The summed E-state index contributed by atoms with van der Waals surface area (Å²) in [6.45, 7) is 0. The van der Waals surface area contributed by atoms with Crippen LogP contribution in [0.3, 0.4) is 0 Å². The van der Waals surface area contributed by atoms with E-state index in [1.54, 1.807) is 11.3 Å². The Morgan fingerprint density at radius 2 is 1.92 bits per heavy atom. The summed E-state index contributed by atoms with van der Waals surface area (Å²) < 4.78 is 4.93. The molecule has 0 bridgehead atoms. The van der Waals surface area contributed by atoms with Gasteiger partial charge in [0.25, 0.3) is 0 Å². The molecule has 0 fully saturated rings. The molecule has 0 aliphatic heterocycles. The molecule has 0 aliphatic carbocycles. The lowest BCUT2D eigenvalue weighted by atomic mass is 10.3. The Morgan fingerprint density at radius 3 is 2.67 bits per heavy atom. The minimum atomic E-state index is 1.18. The summed E-state index contributed by atoms with van der Waals surface area (Å²) in [5.74, 6) is 0. The number of hydrogen-bond donors (Lipinski definition) is 0. The predicted octanol–water partition coefficient (Wildman–Crippen LogP) is 5.03. The van der Waals surface area contributed by atoms with E-state index in [-0.39, 0.29) is 0 Å². The normalized spacial score (nSPS) is 10.9. The number of thiophene rings is 1. The minimum absolute atomic E-state index is 1.18. The van der Waals surface area contributed by atoms with Crippen LogP contribution in [0.2, 0.25) is 0 Å². The van der Waals surface area contributed by atoms with E-state index in [2.05, 4.69) is 72.0 Å². The minimum Gasteiger partial charge on any atom is -0.141 e. The van der Waals surface area contributed by atoms with Crippen LogP contribution >= 0.6 is 65.8 Å². The summed E-state index contributed by atoms with van der Waals surface area (Å²) in [6, 6.07) is 4.31. The lowest BCUT2D eigenvalue weighted by Crippen LogP contribution is -1.71. The maximum atomic E-state index is 3.55. The van der Waals surface area contributed by atoms with Crippen LogP contribution in [0.15, 0.2) is 26.5 Å². The highest BCUT2D eigenvalue weighted by Crippen LogP contribution is 2.36. The first-order valence-corrected chi connectivity index (χ1v) is 6.74. The van der Waals surface area contributed by atoms with E-state index >= 15 is 0 Å². The van der Waals surface area contributed by atoms with E-state index in [1.165, 1.54) is 22.6 Å². The molecular weight excluding hydrogens is 415 g/mol. The second-order valence-corrected chi connectivity index (χ2v) is 6.18. The van der Waals surface area contributed by atoms with Crippen molar-refractivity contribution in [2.24, 2.45) is 0 Å². The van der Waals surface area contributed by atoms with Crippen LogP contribution in [0.25, 0.3) is 10.1 Å². The first-order valence-electron chi connectivity index (χ1n) is 3.20. The Hall–Kier alpha value is 0.870. The fourth-order valence-electron chi connectivity index (χ4n) is 1.03. The van der Waals surface area contributed by atoms with Gasteiger partial charge in [0.2, 0.25) is 0 Å². The maximum absolute atomic E-state index is 3.55. The molecule has 0 saturated heterocycles. The topological polar surface area (TPSA) is 0 Å². The van der Waals surface area contributed by atoms with Gasteiger partial charge in [0, 0.05) is 28.0 Å². The summed E-state index contributed by atoms with van der Waals surface area (Å²) in [5.41, 5.74) is 0. The zero-order valence-corrected chi connectivity index (χ0v) is 11.9. The van der Waals surface area contributed by atoms with Gasteiger partial charge in [-0.2, -0.15) is 0 Å². The van der Waals surface area contributed by atoms with Gasteiger partial charge in [0.05, 0.1) is 0 Å². The summed E-state index contributed by atoms with van der Waals surface area (Å²) in [5, 5.41) is 3.41. The molecule has 0 saturated carbocycles. The fraction of sp³-hybridized carbons (Fsp3) is 0. The molecule has 0 spiro atoms. The van der Waals surface area contributed by atoms with Gasteiger partial charge in [-0.3, -0.25) is 0 Å². The molecule has 1 heterocycles. The van der Waals surface area contributed by atoms with Gasteiger partial charge >= 0.3 is 0 Å². The van der Waals surface area contributed by atoms with Gasteiger partial charge in [-0.1, -0.05) is 0 Å². The largest absolute Gasteiger partial charge is 0.141 e. The van der Waals surface area contributed by atoms with Gasteiger partial charge < -0.3 is 0 Å². The van der Waals surface area contributed by atoms with Gasteiger partial charge in [-0.25, -0.2) is 0 Å². The van der Waals surface area contributed by atoms with Crippen LogP contribution in [0.1, 0.15) is 0 Å². The van der Waals surface area contributed by atoms with Crippen molar-refractivity contribution in [1.29, 1.82) is 0 Å². The standard InChI is InChI=1S/C8H3Br2IS/c9-6-2-4(11)1-5-7(10)3-12-8(5)6/h1-3H. The summed E-state index contributed by atoms with van der Waals surface area (Å²) >= 11 is 11.1. The Labute approximate surface area is 105 Å². The molecule has 0 radical (unpaired) electrons. The Kier molecular flexibility index (Phi) is 2.79. The monoisotopic (exact) mass is 416 g/mol. The van der Waals surface area contributed by atoms with Crippen molar-refractivity contribution in [2.45, 2.75) is 0 Å². The molecule has 0 amide bonds. The molecule has 1 aromatic heterocycles. The average molecular weight is 418 g/mol. The smallest absolute Gasteiger partial charge is 0.0497 e. The number of rotatable bonds is 0. The van der Waals surface area contributed by atoms with E-state index in [1.807, 2.05) is 0 Å². The zero-order valence-electron chi connectivity index (χ0n) is 5.77. The van der Waals surface area contributed by atoms with Crippen LogP contribution in [0, 0.1) is 3.57 Å². The number of benzene rings is 1. The SMILES string of the molecule is Brc1csc2c(Br)cc(I)cc12. The summed E-state index contributed by atoms with van der Waals surface area (Å²) in [4.78, 5) is 0. The van der Waals surface area contributed by atoms with E-state index < -0.39 is 0 Å². The number of halogens is 3. The van der Waals surface area contributed by atoms with Crippen LogP contribution in [0.4, 0.5) is 0 Å². The van der Waals surface area contributed by atoms with E-state index in [0.29, 0.717) is 0 Å². The first kappa shape index (κ1) is 9.43. The van der Waals surface area contributed by atoms with E-state index in [4.69, 9.17) is 0 Å². The van der Waals surface area contributed by atoms with Gasteiger partial charge in [0.1, 0.15) is 0 Å². The number of fused-ring (bicyclic) bond motifs is 1. The van der Waals surface area contributed by atoms with E-state index in [9.17, 15) is 0 Å². The van der Waals surface area contributed by atoms with Gasteiger partial charge in [0.15, 0.2) is 0 Å². The highest BCUT2D eigenvalue weighted by molar-refractivity contribution is 14.1. The van der Waals surface area contributed by atoms with Crippen LogP contribution in [-0.2, 0) is 0 Å². The first-order chi connectivity index (χ1) is 5.68. The second kappa shape index (κ2) is 3.55. The lowest BCUT2D eigenvalue weighted by molar-refractivity contribution is 1.71. The average Bonchev–Trinajstić information content (AvgIpc) is 2.33. The number of hydrogen-bond acceptors (Lipinski definition) is 1. The highest BCUT2D eigenvalue weighted by Gasteiger charge is 2.05. The molecular formula is C8H3Br2IS. The van der Waals surface area contributed by atoms with Gasteiger partial charge in [-0.05, 0) is 66.6 Å². The van der Waals surface area contributed by atoms with Crippen molar-refractivity contribution in [2.75, 3.05) is 0 Å². The Bertz CT molecular complexity index is 436. The Morgan fingerprint density at radius 1 is 1.17 bits per heavy atom. The highest BCUT2D eigenvalue weighted by atomic mass is 127. The van der Waals surface area contributed by atoms with Crippen molar-refractivity contribution in [3.8, 4) is 0 Å². The predicted molar refractivity (Wildman–Crippen MR) is 69.9 cm³/mol.